The summed E-state index contributed by atoms with van der Waals surface area (Å²) in [4.78, 5) is 4.15. The highest BCUT2D eigenvalue weighted by molar-refractivity contribution is 4.93. The minimum atomic E-state index is 0.481. The summed E-state index contributed by atoms with van der Waals surface area (Å²) in [5, 5.41) is 0. The molecule has 0 saturated heterocycles. The van der Waals surface area contributed by atoms with Crippen LogP contribution >= 0.6 is 0 Å². The van der Waals surface area contributed by atoms with Crippen LogP contribution in [0.1, 0.15) is 47.6 Å². The van der Waals surface area contributed by atoms with Crippen LogP contribution < -0.4 is 5.49 Å². The highest BCUT2D eigenvalue weighted by atomic mass is 15.0. The first-order chi connectivity index (χ1) is 7.25. The molecule has 1 aromatic heterocycles. The lowest BCUT2D eigenvalue weighted by atomic mass is 10.3. The first-order valence-corrected chi connectivity index (χ1v) is 5.85. The molecule has 0 spiro atoms. The lowest BCUT2D eigenvalue weighted by Gasteiger charge is -2.09. The van der Waals surface area contributed by atoms with Crippen molar-refractivity contribution in [3.63, 3.8) is 0 Å². The van der Waals surface area contributed by atoms with Gasteiger partial charge >= 0.3 is 0 Å². The van der Waals surface area contributed by atoms with Gasteiger partial charge in [-0.15, -0.1) is 0 Å². The quantitative estimate of drug-likeness (QED) is 0.673. The summed E-state index contributed by atoms with van der Waals surface area (Å²) >= 11 is 0. The van der Waals surface area contributed by atoms with E-state index in [2.05, 4.69) is 23.4 Å². The van der Waals surface area contributed by atoms with E-state index in [1.807, 2.05) is 59.1 Å². The van der Waals surface area contributed by atoms with Crippen molar-refractivity contribution in [1.29, 1.82) is 0 Å². The zero-order chi connectivity index (χ0) is 12.3. The van der Waals surface area contributed by atoms with Crippen molar-refractivity contribution >= 4 is 0 Å². The summed E-state index contributed by atoms with van der Waals surface area (Å²) in [6, 6.07) is 6.52. The predicted octanol–water partition coefficient (Wildman–Crippen LogP) is 3.65. The average molecular weight is 210 g/mol. The molecule has 0 aromatic carbocycles. The SMILES string of the molecule is CC.CC.CN=c1ccccn1C(C)C. The Labute approximate surface area is 94.7 Å². The van der Waals surface area contributed by atoms with E-state index in [0.29, 0.717) is 6.04 Å². The Morgan fingerprint density at radius 3 is 1.93 bits per heavy atom. The molecular formula is C13H26N2. The van der Waals surface area contributed by atoms with Crippen LogP contribution in [0.5, 0.6) is 0 Å². The third kappa shape index (κ3) is 6.10. The molecule has 0 aliphatic rings. The molecule has 0 aliphatic carbocycles. The van der Waals surface area contributed by atoms with Crippen LogP contribution in [0.15, 0.2) is 29.4 Å². The molecule has 0 N–H and O–H groups in total. The molecule has 0 saturated carbocycles. The fraction of sp³-hybridized carbons (Fsp3) is 0.615. The van der Waals surface area contributed by atoms with Gasteiger partial charge in [0.05, 0.1) is 0 Å². The Kier molecular flexibility index (Phi) is 12.0. The van der Waals surface area contributed by atoms with E-state index in [9.17, 15) is 0 Å². The van der Waals surface area contributed by atoms with Gasteiger partial charge in [0.15, 0.2) is 0 Å². The molecule has 2 heteroatoms. The molecule has 15 heavy (non-hydrogen) atoms. The van der Waals surface area contributed by atoms with Crippen LogP contribution in [0, 0.1) is 0 Å². The maximum absolute atomic E-state index is 4.15. The second-order valence-corrected chi connectivity index (χ2v) is 2.78. The van der Waals surface area contributed by atoms with Crippen molar-refractivity contribution in [2.24, 2.45) is 4.99 Å². The van der Waals surface area contributed by atoms with E-state index < -0.39 is 0 Å². The lowest BCUT2D eigenvalue weighted by Crippen LogP contribution is -2.20. The Balaban J connectivity index is 0. The molecule has 0 fully saturated rings. The summed E-state index contributed by atoms with van der Waals surface area (Å²) in [6.45, 7) is 12.3. The molecule has 1 heterocycles. The maximum Gasteiger partial charge on any atom is 0.127 e. The topological polar surface area (TPSA) is 17.3 Å². The fourth-order valence-electron chi connectivity index (χ4n) is 1.07. The predicted molar refractivity (Wildman–Crippen MR) is 69.0 cm³/mol. The van der Waals surface area contributed by atoms with E-state index in [1.54, 1.807) is 0 Å². The van der Waals surface area contributed by atoms with Gasteiger partial charge in [0.2, 0.25) is 0 Å². The van der Waals surface area contributed by atoms with Crippen LogP contribution in [-0.4, -0.2) is 11.6 Å². The molecule has 1 rings (SSSR count). The molecule has 2 nitrogen and oxygen atoms in total. The Bertz CT molecular complexity index is 285. The Morgan fingerprint density at radius 2 is 1.60 bits per heavy atom. The molecule has 88 valence electrons. The van der Waals surface area contributed by atoms with Crippen LogP contribution in [-0.2, 0) is 0 Å². The van der Waals surface area contributed by atoms with Gasteiger partial charge in [0, 0.05) is 19.3 Å². The zero-order valence-corrected chi connectivity index (χ0v) is 11.3. The largest absolute Gasteiger partial charge is 0.331 e. The van der Waals surface area contributed by atoms with E-state index in [1.165, 1.54) is 0 Å². The normalized spacial score (nSPS) is 10.0. The maximum atomic E-state index is 4.15. The highest BCUT2D eigenvalue weighted by Crippen LogP contribution is 1.97. The zero-order valence-electron chi connectivity index (χ0n) is 11.3. The van der Waals surface area contributed by atoms with Gasteiger partial charge in [0.25, 0.3) is 0 Å². The summed E-state index contributed by atoms with van der Waals surface area (Å²) in [5.41, 5.74) is 1.03. The number of hydrogen-bond acceptors (Lipinski definition) is 1. The Morgan fingerprint density at radius 1 is 1.07 bits per heavy atom. The van der Waals surface area contributed by atoms with Gasteiger partial charge in [0.1, 0.15) is 5.49 Å². The average Bonchev–Trinajstić information content (AvgIpc) is 2.34. The number of nitrogens with zero attached hydrogens (tertiary/aromatic N) is 2. The number of rotatable bonds is 1. The van der Waals surface area contributed by atoms with Gasteiger partial charge < -0.3 is 4.57 Å². The Hall–Kier alpha value is -1.05. The third-order valence-electron chi connectivity index (χ3n) is 1.65. The molecular weight excluding hydrogens is 184 g/mol. The minimum Gasteiger partial charge on any atom is -0.331 e. The first kappa shape index (κ1) is 16.4. The van der Waals surface area contributed by atoms with Crippen molar-refractivity contribution in [3.05, 3.63) is 29.9 Å². The number of pyridine rings is 1. The van der Waals surface area contributed by atoms with Gasteiger partial charge in [-0.25, -0.2) is 0 Å². The van der Waals surface area contributed by atoms with Gasteiger partial charge in [-0.3, -0.25) is 4.99 Å². The smallest absolute Gasteiger partial charge is 0.127 e. The molecule has 0 bridgehead atoms. The van der Waals surface area contributed by atoms with Gasteiger partial charge in [-0.05, 0) is 26.0 Å². The van der Waals surface area contributed by atoms with E-state index in [4.69, 9.17) is 0 Å². The summed E-state index contributed by atoms with van der Waals surface area (Å²) in [5.74, 6) is 0. The van der Waals surface area contributed by atoms with E-state index >= 15 is 0 Å². The monoisotopic (exact) mass is 210 g/mol. The van der Waals surface area contributed by atoms with Crippen molar-refractivity contribution in [1.82, 2.24) is 4.57 Å². The first-order valence-electron chi connectivity index (χ1n) is 5.85. The van der Waals surface area contributed by atoms with Gasteiger partial charge in [-0.2, -0.15) is 0 Å². The summed E-state index contributed by atoms with van der Waals surface area (Å²) in [6.07, 6.45) is 2.05. The van der Waals surface area contributed by atoms with E-state index in [-0.39, 0.29) is 0 Å². The third-order valence-corrected chi connectivity index (χ3v) is 1.65. The molecule has 0 unspecified atom stereocenters. The molecule has 0 amide bonds. The van der Waals surface area contributed by atoms with Crippen LogP contribution in [0.2, 0.25) is 0 Å². The van der Waals surface area contributed by atoms with Crippen molar-refractivity contribution in [2.45, 2.75) is 47.6 Å². The second-order valence-electron chi connectivity index (χ2n) is 2.78. The van der Waals surface area contributed by atoms with Crippen molar-refractivity contribution in [3.8, 4) is 0 Å². The summed E-state index contributed by atoms with van der Waals surface area (Å²) < 4.78 is 2.14. The second kappa shape index (κ2) is 11.0. The molecule has 0 radical (unpaired) electrons. The van der Waals surface area contributed by atoms with E-state index in [0.717, 1.165) is 5.49 Å². The summed E-state index contributed by atoms with van der Waals surface area (Å²) in [7, 11) is 1.81. The van der Waals surface area contributed by atoms with Crippen molar-refractivity contribution in [2.75, 3.05) is 7.05 Å². The van der Waals surface area contributed by atoms with Crippen LogP contribution in [0.4, 0.5) is 0 Å². The lowest BCUT2D eigenvalue weighted by molar-refractivity contribution is 0.569. The highest BCUT2D eigenvalue weighted by Gasteiger charge is 1.94. The molecule has 1 aromatic rings. The number of hydrogen-bond donors (Lipinski definition) is 0. The van der Waals surface area contributed by atoms with Crippen LogP contribution in [0.25, 0.3) is 0 Å². The van der Waals surface area contributed by atoms with Crippen LogP contribution in [0.3, 0.4) is 0 Å². The minimum absolute atomic E-state index is 0.481. The van der Waals surface area contributed by atoms with Crippen molar-refractivity contribution < 1.29 is 0 Å². The molecule has 0 atom stereocenters. The number of aromatic nitrogens is 1. The fourth-order valence-corrected chi connectivity index (χ4v) is 1.07. The molecule has 0 aliphatic heterocycles. The standard InChI is InChI=1S/C9H14N2.2C2H6/c1-8(2)11-7-5-4-6-9(11)10-3;2*1-2/h4-8H,1-3H3;2*1-2H3. The van der Waals surface area contributed by atoms with Gasteiger partial charge in [-0.1, -0.05) is 33.8 Å².